The van der Waals surface area contributed by atoms with Crippen molar-refractivity contribution in [2.45, 2.75) is 45.3 Å². The summed E-state index contributed by atoms with van der Waals surface area (Å²) in [6.07, 6.45) is 2.15. The van der Waals surface area contributed by atoms with Gasteiger partial charge in [0.05, 0.1) is 0 Å². The molecule has 1 N–H and O–H groups in total. The number of ketones is 1. The first kappa shape index (κ1) is 18.7. The Morgan fingerprint density at radius 2 is 1.86 bits per heavy atom. The molecule has 0 spiro atoms. The predicted octanol–water partition coefficient (Wildman–Crippen LogP) is 3.98. The molecule has 1 aliphatic heterocycles. The van der Waals surface area contributed by atoms with Gasteiger partial charge in [-0.2, -0.15) is 0 Å². The molecule has 2 aliphatic rings. The third kappa shape index (κ3) is 3.42. The van der Waals surface area contributed by atoms with Crippen LogP contribution in [0.15, 0.2) is 36.4 Å². The van der Waals surface area contributed by atoms with Crippen molar-refractivity contribution in [3.05, 3.63) is 53.1 Å². The van der Waals surface area contributed by atoms with E-state index in [1.165, 1.54) is 0 Å². The molecule has 1 heterocycles. The van der Waals surface area contributed by atoms with Crippen LogP contribution in [0.25, 0.3) is 11.1 Å². The number of esters is 1. The number of carbonyl (C=O) groups excluding carboxylic acids is 2. The second-order valence-corrected chi connectivity index (χ2v) is 8.34. The Morgan fingerprint density at radius 3 is 2.54 bits per heavy atom. The zero-order chi connectivity index (χ0) is 19.9. The lowest BCUT2D eigenvalue weighted by Gasteiger charge is -2.22. The van der Waals surface area contributed by atoms with Crippen LogP contribution in [0, 0.1) is 0 Å². The van der Waals surface area contributed by atoms with Crippen molar-refractivity contribution in [2.24, 2.45) is 0 Å². The summed E-state index contributed by atoms with van der Waals surface area (Å²) in [5, 5.41) is 3.38. The summed E-state index contributed by atoms with van der Waals surface area (Å²) < 4.78 is 11.6. The van der Waals surface area contributed by atoms with Crippen molar-refractivity contribution < 1.29 is 19.1 Å². The van der Waals surface area contributed by atoms with E-state index >= 15 is 0 Å². The molecule has 1 fully saturated rings. The zero-order valence-corrected chi connectivity index (χ0v) is 16.5. The Hall–Kier alpha value is -2.66. The average Bonchev–Trinajstić information content (AvgIpc) is 3.26. The highest BCUT2D eigenvalue weighted by Crippen LogP contribution is 2.42. The van der Waals surface area contributed by atoms with Gasteiger partial charge in [-0.15, -0.1) is 0 Å². The highest BCUT2D eigenvalue weighted by Gasteiger charge is 2.35. The quantitative estimate of drug-likeness (QED) is 0.695. The Kier molecular flexibility index (Phi) is 4.71. The summed E-state index contributed by atoms with van der Waals surface area (Å²) in [7, 11) is 0. The van der Waals surface area contributed by atoms with Crippen LogP contribution in [0.5, 0.6) is 5.75 Å². The van der Waals surface area contributed by atoms with E-state index in [1.807, 2.05) is 45.0 Å². The Balaban J connectivity index is 1.77. The molecule has 28 heavy (non-hydrogen) atoms. The lowest BCUT2D eigenvalue weighted by Crippen LogP contribution is -2.29. The largest absolute Gasteiger partial charge is 0.491 e. The third-order valence-electron chi connectivity index (χ3n) is 5.06. The van der Waals surface area contributed by atoms with Gasteiger partial charge in [-0.1, -0.05) is 24.3 Å². The summed E-state index contributed by atoms with van der Waals surface area (Å²) in [6, 6.07) is 11.3. The molecule has 0 aromatic heterocycles. The van der Waals surface area contributed by atoms with Crippen molar-refractivity contribution in [3.63, 3.8) is 0 Å². The van der Waals surface area contributed by atoms with Gasteiger partial charge in [0.1, 0.15) is 23.5 Å². The first-order valence-electron chi connectivity index (χ1n) is 9.76. The monoisotopic (exact) mass is 379 g/mol. The first-order valence-corrected chi connectivity index (χ1v) is 9.76. The molecule has 5 heteroatoms. The molecule has 5 nitrogen and oxygen atoms in total. The summed E-state index contributed by atoms with van der Waals surface area (Å²) in [6.45, 7) is 6.87. The van der Waals surface area contributed by atoms with Gasteiger partial charge in [0.15, 0.2) is 5.78 Å². The van der Waals surface area contributed by atoms with E-state index in [0.29, 0.717) is 23.5 Å². The summed E-state index contributed by atoms with van der Waals surface area (Å²) in [4.78, 5) is 26.2. The molecule has 1 aliphatic carbocycles. The van der Waals surface area contributed by atoms with Gasteiger partial charge in [-0.05, 0) is 63.4 Å². The molecule has 1 atom stereocenters. The maximum atomic E-state index is 13.1. The molecular weight excluding hydrogens is 354 g/mol. The molecule has 0 saturated carbocycles. The average molecular weight is 379 g/mol. The van der Waals surface area contributed by atoms with Gasteiger partial charge in [0.25, 0.3) is 0 Å². The summed E-state index contributed by atoms with van der Waals surface area (Å²) in [5.41, 5.74) is 2.15. The van der Waals surface area contributed by atoms with Gasteiger partial charge in [-0.3, -0.25) is 4.79 Å². The standard InChI is InChI=1S/C23H25NO4/c1-23(2,3)28-22(26)20-18(27-13-14-7-6-12-24-14)11-10-16-15-8-4-5-9-17(15)21(25)19(16)20/h4-5,8-11,14,24H,6-7,12-13H2,1-3H3/t14-/m1/s1. The Bertz CT molecular complexity index is 936. The molecule has 2 aromatic rings. The van der Waals surface area contributed by atoms with Crippen LogP contribution in [0.1, 0.15) is 59.9 Å². The van der Waals surface area contributed by atoms with Crippen LogP contribution in [-0.2, 0) is 4.74 Å². The molecule has 4 rings (SSSR count). The van der Waals surface area contributed by atoms with E-state index in [2.05, 4.69) is 5.32 Å². The number of nitrogens with one attached hydrogen (secondary N) is 1. The van der Waals surface area contributed by atoms with Gasteiger partial charge in [0.2, 0.25) is 0 Å². The second kappa shape index (κ2) is 7.06. The van der Waals surface area contributed by atoms with Crippen molar-refractivity contribution >= 4 is 11.8 Å². The van der Waals surface area contributed by atoms with Crippen LogP contribution in [0.4, 0.5) is 0 Å². The van der Waals surface area contributed by atoms with E-state index in [4.69, 9.17) is 9.47 Å². The normalized spacial score (nSPS) is 18.0. The minimum Gasteiger partial charge on any atom is -0.491 e. The highest BCUT2D eigenvalue weighted by atomic mass is 16.6. The van der Waals surface area contributed by atoms with Crippen molar-refractivity contribution in [2.75, 3.05) is 13.2 Å². The Labute approximate surface area is 165 Å². The van der Waals surface area contributed by atoms with E-state index in [0.717, 1.165) is 30.5 Å². The van der Waals surface area contributed by atoms with Crippen molar-refractivity contribution in [1.29, 1.82) is 0 Å². The number of hydrogen-bond donors (Lipinski definition) is 1. The van der Waals surface area contributed by atoms with Crippen molar-refractivity contribution in [3.8, 4) is 16.9 Å². The number of hydrogen-bond acceptors (Lipinski definition) is 5. The number of benzene rings is 2. The third-order valence-corrected chi connectivity index (χ3v) is 5.06. The maximum Gasteiger partial charge on any atom is 0.343 e. The first-order chi connectivity index (χ1) is 13.3. The van der Waals surface area contributed by atoms with Crippen molar-refractivity contribution in [1.82, 2.24) is 5.32 Å². The van der Waals surface area contributed by atoms with E-state index in [9.17, 15) is 9.59 Å². The fourth-order valence-corrected chi connectivity index (χ4v) is 3.84. The minimum absolute atomic E-state index is 0.157. The molecule has 146 valence electrons. The lowest BCUT2D eigenvalue weighted by atomic mass is 9.99. The molecule has 2 aromatic carbocycles. The van der Waals surface area contributed by atoms with Crippen LogP contribution >= 0.6 is 0 Å². The summed E-state index contributed by atoms with van der Waals surface area (Å²) >= 11 is 0. The van der Waals surface area contributed by atoms with Gasteiger partial charge < -0.3 is 14.8 Å². The number of fused-ring (bicyclic) bond motifs is 3. The minimum atomic E-state index is -0.668. The zero-order valence-electron chi connectivity index (χ0n) is 16.5. The van der Waals surface area contributed by atoms with Gasteiger partial charge >= 0.3 is 5.97 Å². The number of rotatable bonds is 4. The maximum absolute atomic E-state index is 13.1. The van der Waals surface area contributed by atoms with Crippen LogP contribution in [0.2, 0.25) is 0 Å². The second-order valence-electron chi connectivity index (χ2n) is 8.34. The fourth-order valence-electron chi connectivity index (χ4n) is 3.84. The smallest absolute Gasteiger partial charge is 0.343 e. The van der Waals surface area contributed by atoms with Crippen LogP contribution < -0.4 is 10.1 Å². The summed E-state index contributed by atoms with van der Waals surface area (Å²) in [5.74, 6) is -0.279. The fraction of sp³-hybridized carbons (Fsp3) is 0.391. The lowest BCUT2D eigenvalue weighted by molar-refractivity contribution is 0.00639. The van der Waals surface area contributed by atoms with Gasteiger partial charge in [-0.25, -0.2) is 4.79 Å². The molecule has 0 amide bonds. The predicted molar refractivity (Wildman–Crippen MR) is 107 cm³/mol. The Morgan fingerprint density at radius 1 is 1.11 bits per heavy atom. The van der Waals surface area contributed by atoms with Crippen LogP contribution in [-0.4, -0.2) is 36.5 Å². The molecule has 1 saturated heterocycles. The van der Waals surface area contributed by atoms with E-state index < -0.39 is 11.6 Å². The van der Waals surface area contributed by atoms with Crippen LogP contribution in [0.3, 0.4) is 0 Å². The highest BCUT2D eigenvalue weighted by molar-refractivity contribution is 6.25. The topological polar surface area (TPSA) is 64.6 Å². The number of ether oxygens (including phenoxy) is 2. The molecular formula is C23H25NO4. The van der Waals surface area contributed by atoms with Gasteiger partial charge in [0, 0.05) is 17.2 Å². The SMILES string of the molecule is CC(C)(C)OC(=O)c1c(OC[C@H]2CCCN2)ccc2c1C(=O)c1ccccc1-2. The van der Waals surface area contributed by atoms with E-state index in [1.54, 1.807) is 12.1 Å². The van der Waals surface area contributed by atoms with E-state index in [-0.39, 0.29) is 17.4 Å². The molecule has 0 unspecified atom stereocenters. The number of carbonyl (C=O) groups is 2. The molecule has 0 radical (unpaired) electrons. The molecule has 0 bridgehead atoms.